The SMILES string of the molecule is CCC(=O)C(C)C(O)C(C)C1(CC)SCCCS1. The van der Waals surface area contributed by atoms with Gasteiger partial charge < -0.3 is 5.11 Å². The second kappa shape index (κ2) is 7.20. The number of rotatable bonds is 6. The molecule has 2 nitrogen and oxygen atoms in total. The van der Waals surface area contributed by atoms with Crippen LogP contribution in [0.15, 0.2) is 0 Å². The summed E-state index contributed by atoms with van der Waals surface area (Å²) in [6, 6.07) is 0. The standard InChI is InChI=1S/C14H26O2S2/c1-5-12(15)10(3)13(16)11(4)14(6-2)17-8-7-9-18-14/h10-11,13,16H,5-9H2,1-4H3. The molecule has 0 spiro atoms. The molecule has 1 fully saturated rings. The fourth-order valence-electron chi connectivity index (χ4n) is 2.59. The van der Waals surface area contributed by atoms with E-state index in [-0.39, 0.29) is 21.7 Å². The van der Waals surface area contributed by atoms with E-state index in [1.807, 2.05) is 37.4 Å². The van der Waals surface area contributed by atoms with Gasteiger partial charge in [0.2, 0.25) is 0 Å². The van der Waals surface area contributed by atoms with E-state index in [0.717, 1.165) is 6.42 Å². The first-order valence-corrected chi connectivity index (χ1v) is 8.94. The Balaban J connectivity index is 2.76. The molecular weight excluding hydrogens is 264 g/mol. The molecule has 1 rings (SSSR count). The van der Waals surface area contributed by atoms with Crippen LogP contribution < -0.4 is 0 Å². The lowest BCUT2D eigenvalue weighted by atomic mass is 9.86. The largest absolute Gasteiger partial charge is 0.392 e. The third-order valence-electron chi connectivity index (χ3n) is 4.05. The Morgan fingerprint density at radius 1 is 1.28 bits per heavy atom. The third kappa shape index (κ3) is 3.45. The van der Waals surface area contributed by atoms with Gasteiger partial charge in [-0.25, -0.2) is 0 Å². The van der Waals surface area contributed by atoms with E-state index in [2.05, 4.69) is 13.8 Å². The van der Waals surface area contributed by atoms with Crippen LogP contribution in [0.1, 0.15) is 47.0 Å². The van der Waals surface area contributed by atoms with Crippen molar-refractivity contribution in [1.82, 2.24) is 0 Å². The maximum absolute atomic E-state index is 11.8. The van der Waals surface area contributed by atoms with Crippen LogP contribution in [-0.2, 0) is 4.79 Å². The highest BCUT2D eigenvalue weighted by Gasteiger charge is 2.43. The maximum atomic E-state index is 11.8. The molecule has 0 aliphatic carbocycles. The summed E-state index contributed by atoms with van der Waals surface area (Å²) in [6.07, 6.45) is 2.30. The Kier molecular flexibility index (Phi) is 6.56. The van der Waals surface area contributed by atoms with Crippen molar-refractivity contribution in [3.63, 3.8) is 0 Å². The molecule has 1 aliphatic heterocycles. The van der Waals surface area contributed by atoms with Gasteiger partial charge in [0.05, 0.1) is 10.2 Å². The third-order valence-corrected chi connectivity index (χ3v) is 8.04. The number of hydrogen-bond acceptors (Lipinski definition) is 4. The Morgan fingerprint density at radius 2 is 1.83 bits per heavy atom. The van der Waals surface area contributed by atoms with Crippen LogP contribution in [0.2, 0.25) is 0 Å². The first kappa shape index (κ1) is 16.4. The lowest BCUT2D eigenvalue weighted by molar-refractivity contribution is -0.126. The molecule has 0 amide bonds. The summed E-state index contributed by atoms with van der Waals surface area (Å²) >= 11 is 3.95. The molecule has 0 radical (unpaired) electrons. The number of aliphatic hydroxyl groups excluding tert-OH is 1. The molecule has 106 valence electrons. The van der Waals surface area contributed by atoms with E-state index in [9.17, 15) is 9.90 Å². The van der Waals surface area contributed by atoms with Crippen LogP contribution in [0.3, 0.4) is 0 Å². The summed E-state index contributed by atoms with van der Waals surface area (Å²) in [4.78, 5) is 11.8. The second-order valence-corrected chi connectivity index (χ2v) is 8.21. The normalized spacial score (nSPS) is 24.3. The van der Waals surface area contributed by atoms with Crippen LogP contribution in [0.25, 0.3) is 0 Å². The quantitative estimate of drug-likeness (QED) is 0.811. The fourth-order valence-corrected chi connectivity index (χ4v) is 6.08. The molecule has 3 unspecified atom stereocenters. The lowest BCUT2D eigenvalue weighted by Gasteiger charge is -2.43. The topological polar surface area (TPSA) is 37.3 Å². The summed E-state index contributed by atoms with van der Waals surface area (Å²) in [5.74, 6) is 2.44. The van der Waals surface area contributed by atoms with E-state index < -0.39 is 6.10 Å². The van der Waals surface area contributed by atoms with E-state index in [1.165, 1.54) is 17.9 Å². The molecule has 18 heavy (non-hydrogen) atoms. The average molecular weight is 290 g/mol. The molecule has 1 heterocycles. The van der Waals surface area contributed by atoms with Crippen molar-refractivity contribution in [3.05, 3.63) is 0 Å². The zero-order valence-electron chi connectivity index (χ0n) is 11.9. The van der Waals surface area contributed by atoms with E-state index in [4.69, 9.17) is 0 Å². The van der Waals surface area contributed by atoms with Gasteiger partial charge >= 0.3 is 0 Å². The Hall–Kier alpha value is 0.330. The van der Waals surface area contributed by atoms with Gasteiger partial charge in [-0.15, -0.1) is 23.5 Å². The summed E-state index contributed by atoms with van der Waals surface area (Å²) in [7, 11) is 0. The van der Waals surface area contributed by atoms with Crippen molar-refractivity contribution in [2.24, 2.45) is 11.8 Å². The maximum Gasteiger partial charge on any atom is 0.138 e. The number of Topliss-reactive ketones (excluding diaryl/α,β-unsaturated/α-hetero) is 1. The van der Waals surface area contributed by atoms with Crippen molar-refractivity contribution in [2.75, 3.05) is 11.5 Å². The summed E-state index contributed by atoms with van der Waals surface area (Å²) < 4.78 is 0.0972. The molecule has 0 aromatic rings. The van der Waals surface area contributed by atoms with Gasteiger partial charge in [0.15, 0.2) is 0 Å². The van der Waals surface area contributed by atoms with Gasteiger partial charge in [0, 0.05) is 18.3 Å². The lowest BCUT2D eigenvalue weighted by Crippen LogP contribution is -2.43. The molecule has 0 aromatic heterocycles. The average Bonchev–Trinajstić information content (AvgIpc) is 2.44. The van der Waals surface area contributed by atoms with Crippen molar-refractivity contribution < 1.29 is 9.90 Å². The molecule has 1 saturated heterocycles. The first-order valence-electron chi connectivity index (χ1n) is 6.97. The predicted octanol–water partition coefficient (Wildman–Crippen LogP) is 3.58. The number of carbonyl (C=O) groups excluding carboxylic acids is 1. The van der Waals surface area contributed by atoms with Gasteiger partial charge in [-0.2, -0.15) is 0 Å². The van der Waals surface area contributed by atoms with Crippen molar-refractivity contribution in [2.45, 2.75) is 57.1 Å². The minimum atomic E-state index is -0.518. The van der Waals surface area contributed by atoms with Crippen LogP contribution in [0, 0.1) is 11.8 Å². The highest BCUT2D eigenvalue weighted by Crippen LogP contribution is 2.51. The molecule has 1 N–H and O–H groups in total. The highest BCUT2D eigenvalue weighted by molar-refractivity contribution is 8.18. The monoisotopic (exact) mass is 290 g/mol. The van der Waals surface area contributed by atoms with Gasteiger partial charge in [-0.1, -0.05) is 27.7 Å². The number of aliphatic hydroxyl groups is 1. The van der Waals surface area contributed by atoms with Crippen molar-refractivity contribution >= 4 is 29.3 Å². The zero-order chi connectivity index (χ0) is 13.8. The molecule has 3 atom stereocenters. The van der Waals surface area contributed by atoms with E-state index >= 15 is 0 Å². The van der Waals surface area contributed by atoms with E-state index in [0.29, 0.717) is 6.42 Å². The molecule has 4 heteroatoms. The number of carbonyl (C=O) groups is 1. The van der Waals surface area contributed by atoms with Crippen LogP contribution >= 0.6 is 23.5 Å². The minimum absolute atomic E-state index is 0.0972. The van der Waals surface area contributed by atoms with Crippen molar-refractivity contribution in [3.8, 4) is 0 Å². The predicted molar refractivity (Wildman–Crippen MR) is 82.2 cm³/mol. The number of ketones is 1. The molecule has 0 saturated carbocycles. The van der Waals surface area contributed by atoms with Crippen LogP contribution in [0.4, 0.5) is 0 Å². The summed E-state index contributed by atoms with van der Waals surface area (Å²) in [5.41, 5.74) is 0. The van der Waals surface area contributed by atoms with Crippen LogP contribution in [0.5, 0.6) is 0 Å². The summed E-state index contributed by atoms with van der Waals surface area (Å²) in [5, 5.41) is 10.5. The second-order valence-electron chi connectivity index (χ2n) is 5.10. The summed E-state index contributed by atoms with van der Waals surface area (Å²) in [6.45, 7) is 8.05. The van der Waals surface area contributed by atoms with Gasteiger partial charge in [-0.3, -0.25) is 4.79 Å². The Labute approximate surface area is 120 Å². The number of thioether (sulfide) groups is 2. The Morgan fingerprint density at radius 3 is 2.28 bits per heavy atom. The van der Waals surface area contributed by atoms with E-state index in [1.54, 1.807) is 0 Å². The fraction of sp³-hybridized carbons (Fsp3) is 0.929. The molecule has 0 aromatic carbocycles. The van der Waals surface area contributed by atoms with Crippen LogP contribution in [-0.4, -0.2) is 32.6 Å². The Bertz CT molecular complexity index is 275. The molecule has 0 bridgehead atoms. The smallest absolute Gasteiger partial charge is 0.138 e. The van der Waals surface area contributed by atoms with Gasteiger partial charge in [0.1, 0.15) is 5.78 Å². The first-order chi connectivity index (χ1) is 8.48. The molecule has 1 aliphatic rings. The molecular formula is C14H26O2S2. The minimum Gasteiger partial charge on any atom is -0.392 e. The van der Waals surface area contributed by atoms with Crippen molar-refractivity contribution in [1.29, 1.82) is 0 Å². The van der Waals surface area contributed by atoms with Gasteiger partial charge in [-0.05, 0) is 24.3 Å². The highest BCUT2D eigenvalue weighted by atomic mass is 32.2. The van der Waals surface area contributed by atoms with Gasteiger partial charge in [0.25, 0.3) is 0 Å². The number of hydrogen-bond donors (Lipinski definition) is 1. The zero-order valence-corrected chi connectivity index (χ0v) is 13.6.